The molecule has 0 aromatic heterocycles. The zero-order chi connectivity index (χ0) is 14.5. The minimum Gasteiger partial charge on any atom is -0.391 e. The van der Waals surface area contributed by atoms with Crippen LogP contribution in [0.4, 0.5) is 5.69 Å². The van der Waals surface area contributed by atoms with Crippen LogP contribution in [0.25, 0.3) is 0 Å². The van der Waals surface area contributed by atoms with Gasteiger partial charge in [0.1, 0.15) is 0 Å². The van der Waals surface area contributed by atoms with Crippen molar-refractivity contribution in [3.63, 3.8) is 0 Å². The summed E-state index contributed by atoms with van der Waals surface area (Å²) in [6.07, 6.45) is 4.22. The highest BCUT2D eigenvalue weighted by atomic mass is 16.3. The van der Waals surface area contributed by atoms with Crippen LogP contribution in [-0.2, 0) is 0 Å². The Morgan fingerprint density at radius 3 is 2.50 bits per heavy atom. The van der Waals surface area contributed by atoms with E-state index in [2.05, 4.69) is 55.4 Å². The first-order valence-corrected chi connectivity index (χ1v) is 7.87. The van der Waals surface area contributed by atoms with Gasteiger partial charge in [0.05, 0.1) is 12.1 Å². The van der Waals surface area contributed by atoms with Gasteiger partial charge in [-0.15, -0.1) is 0 Å². The van der Waals surface area contributed by atoms with Gasteiger partial charge in [-0.1, -0.05) is 31.9 Å². The van der Waals surface area contributed by atoms with Gasteiger partial charge < -0.3 is 15.3 Å². The van der Waals surface area contributed by atoms with Gasteiger partial charge in [0.2, 0.25) is 0 Å². The summed E-state index contributed by atoms with van der Waals surface area (Å²) in [5.74, 6) is 0. The zero-order valence-corrected chi connectivity index (χ0v) is 13.0. The Kier molecular flexibility index (Phi) is 5.44. The number of rotatable bonds is 5. The molecule has 3 unspecified atom stereocenters. The highest BCUT2D eigenvalue weighted by Crippen LogP contribution is 2.27. The van der Waals surface area contributed by atoms with Crippen molar-refractivity contribution in [2.24, 2.45) is 0 Å². The van der Waals surface area contributed by atoms with Crippen LogP contribution >= 0.6 is 0 Å². The van der Waals surface area contributed by atoms with Crippen molar-refractivity contribution in [1.82, 2.24) is 5.32 Å². The van der Waals surface area contributed by atoms with E-state index in [9.17, 15) is 5.11 Å². The quantitative estimate of drug-likeness (QED) is 0.867. The summed E-state index contributed by atoms with van der Waals surface area (Å²) in [6, 6.07) is 9.37. The highest BCUT2D eigenvalue weighted by Gasteiger charge is 2.26. The molecule has 112 valence electrons. The fourth-order valence-corrected chi connectivity index (χ4v) is 3.16. The van der Waals surface area contributed by atoms with E-state index >= 15 is 0 Å². The van der Waals surface area contributed by atoms with Gasteiger partial charge in [0, 0.05) is 18.8 Å². The molecule has 0 saturated heterocycles. The smallest absolute Gasteiger partial charge is 0.0743 e. The van der Waals surface area contributed by atoms with Crippen molar-refractivity contribution in [3.8, 4) is 0 Å². The van der Waals surface area contributed by atoms with E-state index in [1.165, 1.54) is 17.7 Å². The molecule has 1 aliphatic rings. The molecule has 0 radical (unpaired) electrons. The first kappa shape index (κ1) is 15.3. The molecule has 3 atom stereocenters. The Labute approximate surface area is 123 Å². The van der Waals surface area contributed by atoms with Crippen LogP contribution in [0.5, 0.6) is 0 Å². The van der Waals surface area contributed by atoms with Crippen LogP contribution in [0.2, 0.25) is 0 Å². The highest BCUT2D eigenvalue weighted by molar-refractivity contribution is 5.48. The Balaban J connectivity index is 2.05. The lowest BCUT2D eigenvalue weighted by Gasteiger charge is -2.36. The molecule has 1 aliphatic carbocycles. The van der Waals surface area contributed by atoms with Gasteiger partial charge >= 0.3 is 0 Å². The number of aliphatic hydroxyl groups excluding tert-OH is 1. The Morgan fingerprint density at radius 1 is 1.25 bits per heavy atom. The number of nitrogens with one attached hydrogen (secondary N) is 1. The molecule has 0 heterocycles. The van der Waals surface area contributed by atoms with E-state index < -0.39 is 0 Å². The van der Waals surface area contributed by atoms with Crippen molar-refractivity contribution in [3.05, 3.63) is 29.8 Å². The van der Waals surface area contributed by atoms with Gasteiger partial charge in [-0.2, -0.15) is 0 Å². The van der Waals surface area contributed by atoms with E-state index in [1.807, 2.05) is 0 Å². The maximum atomic E-state index is 10.2. The number of benzene rings is 1. The van der Waals surface area contributed by atoms with E-state index in [4.69, 9.17) is 0 Å². The fourth-order valence-electron chi connectivity index (χ4n) is 3.16. The number of hydrogen-bond donors (Lipinski definition) is 2. The van der Waals surface area contributed by atoms with Crippen molar-refractivity contribution in [2.75, 3.05) is 18.5 Å². The van der Waals surface area contributed by atoms with Gasteiger partial charge in [-0.3, -0.25) is 0 Å². The second kappa shape index (κ2) is 7.09. The summed E-state index contributed by atoms with van der Waals surface area (Å²) in [7, 11) is 2.10. The minimum atomic E-state index is -0.186. The van der Waals surface area contributed by atoms with Crippen LogP contribution in [0.15, 0.2) is 24.3 Å². The van der Waals surface area contributed by atoms with E-state index in [1.54, 1.807) is 0 Å². The predicted octanol–water partition coefficient (Wildman–Crippen LogP) is 3.10. The average molecular weight is 276 g/mol. The van der Waals surface area contributed by atoms with Crippen molar-refractivity contribution in [2.45, 2.75) is 57.7 Å². The molecule has 1 aromatic carbocycles. The Morgan fingerprint density at radius 2 is 1.90 bits per heavy atom. The standard InChI is InChI=1S/C17H28N2O/c1-4-18-13(2)14-9-11-15(12-10-14)19(3)16-7-5-6-8-17(16)20/h9-13,16-18,20H,4-8H2,1-3H3. The summed E-state index contributed by atoms with van der Waals surface area (Å²) in [6.45, 7) is 5.30. The third-order valence-electron chi connectivity index (χ3n) is 4.50. The molecule has 20 heavy (non-hydrogen) atoms. The van der Waals surface area contributed by atoms with E-state index in [-0.39, 0.29) is 12.1 Å². The second-order valence-electron chi connectivity index (χ2n) is 5.90. The first-order chi connectivity index (χ1) is 9.63. The molecule has 3 nitrogen and oxygen atoms in total. The molecule has 0 bridgehead atoms. The monoisotopic (exact) mass is 276 g/mol. The van der Waals surface area contributed by atoms with Crippen molar-refractivity contribution in [1.29, 1.82) is 0 Å². The summed E-state index contributed by atoms with van der Waals surface area (Å²) < 4.78 is 0. The SMILES string of the molecule is CCNC(C)c1ccc(N(C)C2CCCCC2O)cc1. The fraction of sp³-hybridized carbons (Fsp3) is 0.647. The van der Waals surface area contributed by atoms with Crippen molar-refractivity contribution < 1.29 is 5.11 Å². The van der Waals surface area contributed by atoms with E-state index in [0.717, 1.165) is 25.8 Å². The van der Waals surface area contributed by atoms with Crippen molar-refractivity contribution >= 4 is 5.69 Å². The molecular weight excluding hydrogens is 248 g/mol. The molecule has 1 aromatic rings. The molecule has 0 amide bonds. The number of anilines is 1. The zero-order valence-electron chi connectivity index (χ0n) is 13.0. The van der Waals surface area contributed by atoms with Crippen LogP contribution in [0.1, 0.15) is 51.1 Å². The van der Waals surface area contributed by atoms with Crippen LogP contribution in [-0.4, -0.2) is 30.8 Å². The largest absolute Gasteiger partial charge is 0.391 e. The molecule has 3 heteroatoms. The summed E-state index contributed by atoms with van der Waals surface area (Å²) in [5, 5.41) is 13.6. The Bertz CT molecular complexity index is 404. The van der Waals surface area contributed by atoms with Gasteiger partial charge in [0.25, 0.3) is 0 Å². The molecule has 1 fully saturated rings. The second-order valence-corrected chi connectivity index (χ2v) is 5.90. The Hall–Kier alpha value is -1.06. The lowest BCUT2D eigenvalue weighted by atomic mass is 9.91. The summed E-state index contributed by atoms with van der Waals surface area (Å²) in [5.41, 5.74) is 2.51. The maximum Gasteiger partial charge on any atom is 0.0743 e. The maximum absolute atomic E-state index is 10.2. The summed E-state index contributed by atoms with van der Waals surface area (Å²) >= 11 is 0. The molecule has 2 N–H and O–H groups in total. The van der Waals surface area contributed by atoms with E-state index in [0.29, 0.717) is 6.04 Å². The number of aliphatic hydroxyl groups is 1. The molecular formula is C17H28N2O. The first-order valence-electron chi connectivity index (χ1n) is 7.87. The molecule has 2 rings (SSSR count). The van der Waals surface area contributed by atoms with Crippen LogP contribution in [0.3, 0.4) is 0 Å². The van der Waals surface area contributed by atoms with Crippen LogP contribution < -0.4 is 10.2 Å². The molecule has 1 saturated carbocycles. The lowest BCUT2D eigenvalue weighted by Crippen LogP contribution is -2.43. The van der Waals surface area contributed by atoms with Gasteiger partial charge in [-0.05, 0) is 44.0 Å². The third-order valence-corrected chi connectivity index (χ3v) is 4.50. The molecule has 0 aliphatic heterocycles. The van der Waals surface area contributed by atoms with Gasteiger partial charge in [-0.25, -0.2) is 0 Å². The molecule has 0 spiro atoms. The topological polar surface area (TPSA) is 35.5 Å². The lowest BCUT2D eigenvalue weighted by molar-refractivity contribution is 0.106. The summed E-state index contributed by atoms with van der Waals surface area (Å²) in [4.78, 5) is 2.24. The predicted molar refractivity (Wildman–Crippen MR) is 85.2 cm³/mol. The number of hydrogen-bond acceptors (Lipinski definition) is 3. The number of nitrogens with zero attached hydrogens (tertiary/aromatic N) is 1. The minimum absolute atomic E-state index is 0.186. The number of likely N-dealkylation sites (N-methyl/N-ethyl adjacent to an activating group) is 1. The normalized spacial score (nSPS) is 24.4. The third kappa shape index (κ3) is 3.53. The van der Waals surface area contributed by atoms with Crippen LogP contribution in [0, 0.1) is 0 Å². The van der Waals surface area contributed by atoms with Gasteiger partial charge in [0.15, 0.2) is 0 Å². The average Bonchev–Trinajstić information content (AvgIpc) is 2.47.